The van der Waals surface area contributed by atoms with E-state index in [0.29, 0.717) is 57.4 Å². The molecule has 1 saturated heterocycles. The number of thiophene rings is 2. The molecule has 20 aromatic rings. The molecule has 0 bridgehead atoms. The number of nitrogens with zero attached hydrogens (tertiary/aromatic N) is 10. The molecule has 570 valence electrons. The third-order valence-electron chi connectivity index (χ3n) is 22.9. The van der Waals surface area contributed by atoms with E-state index in [1.807, 2.05) is 133 Å². The lowest BCUT2D eigenvalue weighted by molar-refractivity contribution is 0.00578. The molecular weight excluding hydrogens is 1530 g/mol. The molecule has 0 radical (unpaired) electrons. The topological polar surface area (TPSA) is 147 Å². The second kappa shape index (κ2) is 30.5. The molecule has 0 N–H and O–H groups in total. The summed E-state index contributed by atoms with van der Waals surface area (Å²) in [6.07, 6.45) is 0. The minimum Gasteiger partial charge on any atom is -0.399 e. The average molecular weight is 1600 g/mol. The van der Waals surface area contributed by atoms with Crippen LogP contribution in [-0.4, -0.2) is 68.2 Å². The molecular formula is C104H70BClN10O2S2. The van der Waals surface area contributed by atoms with Crippen LogP contribution in [0.25, 0.3) is 210 Å². The Hall–Kier alpha value is -14.0. The molecule has 1 aliphatic heterocycles. The van der Waals surface area contributed by atoms with Gasteiger partial charge in [0.05, 0.1) is 28.3 Å². The fraction of sp³-hybridized carbons (Fsp3) is 0.0577. The van der Waals surface area contributed by atoms with E-state index >= 15 is 0 Å². The van der Waals surface area contributed by atoms with E-state index in [1.54, 1.807) is 22.7 Å². The fourth-order valence-corrected chi connectivity index (χ4v) is 18.6. The van der Waals surface area contributed by atoms with Gasteiger partial charge >= 0.3 is 7.12 Å². The van der Waals surface area contributed by atoms with Crippen LogP contribution in [0.4, 0.5) is 0 Å². The second-order valence-corrected chi connectivity index (χ2v) is 33.5. The van der Waals surface area contributed by atoms with Crippen molar-refractivity contribution in [3.8, 4) is 169 Å². The van der Waals surface area contributed by atoms with Crippen LogP contribution in [0.15, 0.2) is 352 Å². The Balaban J connectivity index is 0.593. The molecule has 0 atom stereocenters. The Labute approximate surface area is 706 Å². The zero-order valence-electron chi connectivity index (χ0n) is 65.5. The van der Waals surface area contributed by atoms with Gasteiger partial charge in [-0.05, 0) is 102 Å². The Morgan fingerprint density at radius 3 is 1.14 bits per heavy atom. The lowest BCUT2D eigenvalue weighted by Crippen LogP contribution is -2.41. The summed E-state index contributed by atoms with van der Waals surface area (Å²) in [5, 5.41) is 4.96. The summed E-state index contributed by atoms with van der Waals surface area (Å²) >= 11 is 10.6. The van der Waals surface area contributed by atoms with Crippen molar-refractivity contribution in [1.82, 2.24) is 49.8 Å². The lowest BCUT2D eigenvalue weighted by atomic mass is 9.73. The quantitative estimate of drug-likeness (QED) is 0.0670. The van der Waals surface area contributed by atoms with Crippen LogP contribution in [0.2, 0.25) is 5.15 Å². The lowest BCUT2D eigenvalue weighted by Gasteiger charge is -2.32. The van der Waals surface area contributed by atoms with Crippen molar-refractivity contribution < 1.29 is 9.31 Å². The first-order chi connectivity index (χ1) is 58.8. The first kappa shape index (κ1) is 73.6. The summed E-state index contributed by atoms with van der Waals surface area (Å²) in [4.78, 5) is 51.3. The van der Waals surface area contributed by atoms with Gasteiger partial charge in [0, 0.05) is 113 Å². The maximum Gasteiger partial charge on any atom is 0.495 e. The number of rotatable bonds is 16. The molecule has 16 heteroatoms. The first-order valence-corrected chi connectivity index (χ1v) is 41.9. The van der Waals surface area contributed by atoms with Crippen LogP contribution in [-0.2, 0) is 9.31 Å². The van der Waals surface area contributed by atoms with Gasteiger partial charge < -0.3 is 9.31 Å². The molecule has 0 amide bonds. The van der Waals surface area contributed by atoms with Crippen LogP contribution >= 0.6 is 34.3 Å². The zero-order valence-corrected chi connectivity index (χ0v) is 67.9. The van der Waals surface area contributed by atoms with Crippen molar-refractivity contribution in [1.29, 1.82) is 0 Å². The van der Waals surface area contributed by atoms with Crippen LogP contribution in [0.5, 0.6) is 0 Å². The molecule has 1 aliphatic rings. The zero-order chi connectivity index (χ0) is 80.6. The van der Waals surface area contributed by atoms with Crippen molar-refractivity contribution in [3.05, 3.63) is 357 Å². The molecule has 120 heavy (non-hydrogen) atoms. The predicted octanol–water partition coefficient (Wildman–Crippen LogP) is 26.3. The smallest absolute Gasteiger partial charge is 0.399 e. The molecule has 12 nitrogen and oxygen atoms in total. The van der Waals surface area contributed by atoms with Crippen molar-refractivity contribution >= 4 is 87.2 Å². The largest absolute Gasteiger partial charge is 0.495 e. The van der Waals surface area contributed by atoms with Gasteiger partial charge in [0.25, 0.3) is 0 Å². The van der Waals surface area contributed by atoms with Gasteiger partial charge in [-0.15, -0.1) is 22.7 Å². The number of aromatic nitrogens is 10. The highest BCUT2D eigenvalue weighted by Gasteiger charge is 2.52. The normalized spacial score (nSPS) is 13.1. The summed E-state index contributed by atoms with van der Waals surface area (Å²) in [6, 6.07) is 121. The van der Waals surface area contributed by atoms with Gasteiger partial charge in [-0.25, -0.2) is 49.8 Å². The Bertz CT molecular complexity index is 7200. The number of hydrogen-bond acceptors (Lipinski definition) is 14. The molecule has 0 unspecified atom stereocenters. The highest BCUT2D eigenvalue weighted by molar-refractivity contribution is 7.26. The maximum absolute atomic E-state index is 7.00. The van der Waals surface area contributed by atoms with E-state index in [-0.39, 0.29) is 0 Å². The summed E-state index contributed by atoms with van der Waals surface area (Å²) in [6.45, 7) is 8.40. The highest BCUT2D eigenvalue weighted by atomic mass is 35.5. The van der Waals surface area contributed by atoms with Crippen molar-refractivity contribution in [2.24, 2.45) is 0 Å². The Morgan fingerprint density at radius 1 is 0.250 bits per heavy atom. The molecule has 21 rings (SSSR count). The maximum atomic E-state index is 7.00. The van der Waals surface area contributed by atoms with Crippen LogP contribution in [0.1, 0.15) is 27.7 Å². The van der Waals surface area contributed by atoms with Gasteiger partial charge in [-0.3, -0.25) is 0 Å². The van der Waals surface area contributed by atoms with Gasteiger partial charge in [0.15, 0.2) is 46.6 Å². The van der Waals surface area contributed by atoms with Gasteiger partial charge in [-0.1, -0.05) is 327 Å². The number of halogens is 1. The van der Waals surface area contributed by atoms with Gasteiger partial charge in [0.2, 0.25) is 0 Å². The molecule has 6 aromatic heterocycles. The third kappa shape index (κ3) is 13.9. The molecule has 14 aromatic carbocycles. The Morgan fingerprint density at radius 2 is 0.617 bits per heavy atom. The Kier molecular flexibility index (Phi) is 18.7. The molecule has 0 spiro atoms. The number of benzene rings is 14. The summed E-state index contributed by atoms with van der Waals surface area (Å²) in [7, 11) is -0.560. The summed E-state index contributed by atoms with van der Waals surface area (Å²) < 4.78 is 18.2. The van der Waals surface area contributed by atoms with E-state index < -0.39 is 18.3 Å². The third-order valence-corrected chi connectivity index (χ3v) is 25.4. The fourth-order valence-electron chi connectivity index (χ4n) is 16.0. The minimum atomic E-state index is -0.560. The standard InChI is InChI=1S/C104H70BClN10O2S2/c1-103(2)104(3,4)118-105(117-103)82-57-59-87-92(80-36-20-21-39-86(80)119-87)91(82)67-46-54-75(55-47-67)102-115-99(71-32-18-9-19-33-71)114-100(116-102)73-48-40-63(41-49-73)76-34-22-35-77(60-76)84-62-89(106)110-96(108-84)72-50-42-64(43-51-72)78-37-23-38-81-93-88(120-94(78)81)58-56-79(85-61-83(65-24-10-5-11-25-65)107-95(109-85)68-26-12-6-13-27-68)90(93)66-44-52-74(53-45-66)101-112-97(69-28-14-7-15-29-69)111-98(113-101)70-30-16-8-17-31-70/h5-62H,1-4H3. The van der Waals surface area contributed by atoms with E-state index in [4.69, 9.17) is 70.7 Å². The molecule has 0 aliphatic carbocycles. The number of fused-ring (bicyclic) bond motifs is 6. The van der Waals surface area contributed by atoms with Crippen LogP contribution in [0.3, 0.4) is 0 Å². The van der Waals surface area contributed by atoms with Crippen molar-refractivity contribution in [2.75, 3.05) is 0 Å². The van der Waals surface area contributed by atoms with Gasteiger partial charge in [-0.2, -0.15) is 0 Å². The highest BCUT2D eigenvalue weighted by Crippen LogP contribution is 2.50. The summed E-state index contributed by atoms with van der Waals surface area (Å²) in [5.74, 6) is 4.63. The van der Waals surface area contributed by atoms with Crippen LogP contribution in [0, 0.1) is 0 Å². The first-order valence-electron chi connectivity index (χ1n) is 39.9. The van der Waals surface area contributed by atoms with Crippen LogP contribution < -0.4 is 5.46 Å². The van der Waals surface area contributed by atoms with E-state index in [9.17, 15) is 0 Å². The van der Waals surface area contributed by atoms with E-state index in [0.717, 1.165) is 143 Å². The molecule has 7 heterocycles. The van der Waals surface area contributed by atoms with Gasteiger partial charge in [0.1, 0.15) is 5.15 Å². The van der Waals surface area contributed by atoms with Crippen molar-refractivity contribution in [3.63, 3.8) is 0 Å². The van der Waals surface area contributed by atoms with E-state index in [2.05, 4.69) is 246 Å². The molecule has 1 fully saturated rings. The van der Waals surface area contributed by atoms with Crippen molar-refractivity contribution in [2.45, 2.75) is 38.9 Å². The number of hydrogen-bond donors (Lipinski definition) is 0. The minimum absolute atomic E-state index is 0.336. The predicted molar refractivity (Wildman–Crippen MR) is 492 cm³/mol. The SMILES string of the molecule is CC1(C)OB(c2ccc3sc4ccccc4c3c2-c2ccc(-c3nc(-c4ccccc4)nc(-c4ccc(-c5cccc(-c6cc(Cl)nc(-c7ccc(-c8cccc9c8sc8ccc(-c%10cc(-c%11ccccc%11)nc(-c%11ccccc%11)n%10)c(-c%10ccc(-c%11nc(-c%12ccccc%12)nc(-c%12ccccc%12)n%11)cc%10)c89)cc7)n6)c5)cc4)n3)cc2)OC1(C)C. The summed E-state index contributed by atoms with van der Waals surface area (Å²) in [5.41, 5.74) is 20.5. The second-order valence-electron chi connectivity index (χ2n) is 30.9. The molecule has 0 saturated carbocycles. The average Bonchev–Trinajstić information content (AvgIpc) is 1.57. The monoisotopic (exact) mass is 1600 g/mol. The van der Waals surface area contributed by atoms with E-state index in [1.165, 1.54) is 20.2 Å².